The van der Waals surface area contributed by atoms with Gasteiger partial charge < -0.3 is 10.5 Å². The molecule has 0 bridgehead atoms. The van der Waals surface area contributed by atoms with E-state index >= 15 is 0 Å². The van der Waals surface area contributed by atoms with E-state index in [1.54, 1.807) is 0 Å². The summed E-state index contributed by atoms with van der Waals surface area (Å²) in [6.07, 6.45) is 2.95. The van der Waals surface area contributed by atoms with Crippen molar-refractivity contribution < 1.29 is 4.74 Å². The summed E-state index contributed by atoms with van der Waals surface area (Å²) in [5.74, 6) is 0. The molecule has 0 aliphatic carbocycles. The zero-order valence-corrected chi connectivity index (χ0v) is 9.28. The molecule has 0 radical (unpaired) electrons. The number of hydrogen-bond donors (Lipinski definition) is 1. The van der Waals surface area contributed by atoms with Gasteiger partial charge in [-0.1, -0.05) is 11.6 Å². The highest BCUT2D eigenvalue weighted by Gasteiger charge is 2.09. The topological polar surface area (TPSA) is 70.1 Å². The van der Waals surface area contributed by atoms with Crippen LogP contribution in [0, 0.1) is 0 Å². The lowest BCUT2D eigenvalue weighted by atomic mass is 10.2. The number of nitrogens with two attached hydrogens (primary N) is 1. The first-order valence-electron chi connectivity index (χ1n) is 4.38. The van der Waals surface area contributed by atoms with Gasteiger partial charge in [0, 0.05) is 12.6 Å². The molecule has 0 fully saturated rings. The van der Waals surface area contributed by atoms with Gasteiger partial charge in [-0.05, 0) is 13.0 Å². The van der Waals surface area contributed by atoms with Crippen molar-refractivity contribution in [1.29, 1.82) is 0 Å². The fourth-order valence-corrected chi connectivity index (χ4v) is 1.28. The Balaban J connectivity index is 3.18. The lowest BCUT2D eigenvalue weighted by Crippen LogP contribution is -2.24. The van der Waals surface area contributed by atoms with Crippen LogP contribution in [-0.2, 0) is 11.8 Å². The van der Waals surface area contributed by atoms with Gasteiger partial charge in [-0.15, -0.1) is 0 Å². The van der Waals surface area contributed by atoms with Crippen LogP contribution in [0.5, 0.6) is 0 Å². The summed E-state index contributed by atoms with van der Waals surface area (Å²) in [5, 5.41) is 3.97. The zero-order chi connectivity index (χ0) is 11.4. The predicted molar refractivity (Wildman–Crippen MR) is 59.6 cm³/mol. The molecule has 0 spiro atoms. The van der Waals surface area contributed by atoms with Crippen molar-refractivity contribution >= 4 is 23.4 Å². The van der Waals surface area contributed by atoms with E-state index in [1.165, 1.54) is 19.4 Å². The minimum Gasteiger partial charge on any atom is -0.501 e. The summed E-state index contributed by atoms with van der Waals surface area (Å²) in [7, 11) is 1.49. The molecule has 1 rings (SSSR count). The van der Waals surface area contributed by atoms with Crippen LogP contribution in [0.25, 0.3) is 6.08 Å². The van der Waals surface area contributed by atoms with Crippen LogP contribution >= 0.6 is 11.6 Å². The lowest BCUT2D eigenvalue weighted by molar-refractivity contribution is 0.272. The fourth-order valence-electron chi connectivity index (χ4n) is 1.00. The molecule has 2 N–H and O–H groups in total. The Hall–Kier alpha value is -1.49. The number of nitrogens with zero attached hydrogens (tertiary/aromatic N) is 2. The van der Waals surface area contributed by atoms with E-state index in [9.17, 15) is 4.79 Å². The molecule has 0 atom stereocenters. The number of rotatable bonds is 3. The van der Waals surface area contributed by atoms with Crippen molar-refractivity contribution in [2.24, 2.45) is 7.05 Å². The SMILES string of the molecule is CCOC=Cc1c(Cl)nn(C)c(=O)c1N. The van der Waals surface area contributed by atoms with Crippen LogP contribution in [0.3, 0.4) is 0 Å². The monoisotopic (exact) mass is 229 g/mol. The molecule has 15 heavy (non-hydrogen) atoms. The van der Waals surface area contributed by atoms with Crippen LogP contribution in [0.1, 0.15) is 12.5 Å². The molecule has 0 aromatic carbocycles. The normalized spacial score (nSPS) is 10.9. The second-order valence-corrected chi connectivity index (χ2v) is 3.16. The minimum absolute atomic E-state index is 0.0634. The Labute approximate surface area is 92.1 Å². The maximum absolute atomic E-state index is 11.4. The van der Waals surface area contributed by atoms with E-state index in [2.05, 4.69) is 5.10 Å². The molecular formula is C9H12ClN3O2. The second kappa shape index (κ2) is 4.84. The van der Waals surface area contributed by atoms with Crippen molar-refractivity contribution in [3.63, 3.8) is 0 Å². The number of hydrogen-bond acceptors (Lipinski definition) is 4. The molecule has 0 aliphatic rings. The molecule has 6 heteroatoms. The standard InChI is InChI=1S/C9H12ClN3O2/c1-3-15-5-4-6-7(11)9(14)13(2)12-8(6)10/h4-5H,3,11H2,1-2H3. The Morgan fingerprint density at radius 1 is 1.67 bits per heavy atom. The summed E-state index contributed by atoms with van der Waals surface area (Å²) in [6.45, 7) is 2.38. The highest BCUT2D eigenvalue weighted by molar-refractivity contribution is 6.31. The quantitative estimate of drug-likeness (QED) is 0.786. The first kappa shape index (κ1) is 11.6. The molecule has 0 saturated carbocycles. The molecule has 1 aromatic rings. The van der Waals surface area contributed by atoms with Gasteiger partial charge >= 0.3 is 0 Å². The molecule has 5 nitrogen and oxygen atoms in total. The van der Waals surface area contributed by atoms with Gasteiger partial charge in [0.2, 0.25) is 0 Å². The first-order valence-corrected chi connectivity index (χ1v) is 4.76. The number of halogens is 1. The van der Waals surface area contributed by atoms with Gasteiger partial charge in [0.05, 0.1) is 12.9 Å². The number of ether oxygens (including phenoxy) is 1. The highest BCUT2D eigenvalue weighted by atomic mass is 35.5. The highest BCUT2D eigenvalue weighted by Crippen LogP contribution is 2.17. The molecule has 1 heterocycles. The minimum atomic E-state index is -0.379. The Morgan fingerprint density at radius 3 is 2.93 bits per heavy atom. The largest absolute Gasteiger partial charge is 0.501 e. The van der Waals surface area contributed by atoms with Crippen LogP contribution in [0.2, 0.25) is 5.15 Å². The number of aromatic nitrogens is 2. The number of aryl methyl sites for hydroxylation is 1. The van der Waals surface area contributed by atoms with Crippen molar-refractivity contribution in [3.8, 4) is 0 Å². The Bertz CT molecular complexity index is 440. The maximum Gasteiger partial charge on any atom is 0.290 e. The van der Waals surface area contributed by atoms with Crippen LogP contribution in [0.4, 0.5) is 5.69 Å². The van der Waals surface area contributed by atoms with Gasteiger partial charge in [0.1, 0.15) is 5.69 Å². The molecule has 0 unspecified atom stereocenters. The Kier molecular flexibility index (Phi) is 3.74. The van der Waals surface area contributed by atoms with Crippen molar-refractivity contribution in [2.75, 3.05) is 12.3 Å². The molecule has 0 aliphatic heterocycles. The zero-order valence-electron chi connectivity index (χ0n) is 8.53. The smallest absolute Gasteiger partial charge is 0.290 e. The van der Waals surface area contributed by atoms with E-state index in [-0.39, 0.29) is 16.4 Å². The summed E-state index contributed by atoms with van der Waals surface area (Å²) in [5.41, 5.74) is 5.67. The second-order valence-electron chi connectivity index (χ2n) is 2.81. The third-order valence-electron chi connectivity index (χ3n) is 1.77. The maximum atomic E-state index is 11.4. The van der Waals surface area contributed by atoms with Gasteiger partial charge in [-0.3, -0.25) is 4.79 Å². The lowest BCUT2D eigenvalue weighted by Gasteiger charge is -2.04. The van der Waals surface area contributed by atoms with Gasteiger partial charge in [0.15, 0.2) is 5.15 Å². The summed E-state index contributed by atoms with van der Waals surface area (Å²) >= 11 is 5.83. The van der Waals surface area contributed by atoms with Crippen molar-refractivity contribution in [2.45, 2.75) is 6.92 Å². The third kappa shape index (κ3) is 2.50. The third-order valence-corrected chi connectivity index (χ3v) is 2.05. The van der Waals surface area contributed by atoms with E-state index in [0.717, 1.165) is 4.68 Å². The summed E-state index contributed by atoms with van der Waals surface area (Å²) < 4.78 is 6.08. The average Bonchev–Trinajstić information content (AvgIpc) is 2.20. The van der Waals surface area contributed by atoms with E-state index < -0.39 is 0 Å². The van der Waals surface area contributed by atoms with Crippen LogP contribution in [-0.4, -0.2) is 16.4 Å². The first-order chi connectivity index (χ1) is 7.07. The average molecular weight is 230 g/mol. The number of nitrogen functional groups attached to an aromatic ring is 1. The van der Waals surface area contributed by atoms with Crippen LogP contribution < -0.4 is 11.3 Å². The van der Waals surface area contributed by atoms with Gasteiger partial charge in [-0.25, -0.2) is 4.68 Å². The van der Waals surface area contributed by atoms with Crippen molar-refractivity contribution in [3.05, 3.63) is 27.3 Å². The van der Waals surface area contributed by atoms with Crippen molar-refractivity contribution in [1.82, 2.24) is 9.78 Å². The fraction of sp³-hybridized carbons (Fsp3) is 0.333. The summed E-state index contributed by atoms with van der Waals surface area (Å²) in [6, 6.07) is 0. The van der Waals surface area contributed by atoms with E-state index in [4.69, 9.17) is 22.1 Å². The molecule has 0 saturated heterocycles. The van der Waals surface area contributed by atoms with E-state index in [1.807, 2.05) is 6.92 Å². The molecular weight excluding hydrogens is 218 g/mol. The molecule has 1 aromatic heterocycles. The summed E-state index contributed by atoms with van der Waals surface area (Å²) in [4.78, 5) is 11.4. The van der Waals surface area contributed by atoms with Gasteiger partial charge in [-0.2, -0.15) is 5.10 Å². The predicted octanol–water partition coefficient (Wildman–Crippen LogP) is 1.02. The molecule has 0 amide bonds. The van der Waals surface area contributed by atoms with E-state index in [0.29, 0.717) is 12.2 Å². The Morgan fingerprint density at radius 2 is 2.33 bits per heavy atom. The number of anilines is 1. The van der Waals surface area contributed by atoms with Gasteiger partial charge in [0.25, 0.3) is 5.56 Å². The molecule has 82 valence electrons. The van der Waals surface area contributed by atoms with Crippen LogP contribution in [0.15, 0.2) is 11.1 Å².